The predicted molar refractivity (Wildman–Crippen MR) is 89.5 cm³/mol. The summed E-state index contributed by atoms with van der Waals surface area (Å²) in [6, 6.07) is 7.13. The molecule has 0 unspecified atom stereocenters. The smallest absolute Gasteiger partial charge is 0.250 e. The molecule has 1 N–H and O–H groups in total. The number of hydrogen-bond donors (Lipinski definition) is 1. The fourth-order valence-electron chi connectivity index (χ4n) is 2.06. The van der Waals surface area contributed by atoms with E-state index in [9.17, 15) is 8.42 Å². The van der Waals surface area contributed by atoms with Gasteiger partial charge in [0, 0.05) is 36.4 Å². The van der Waals surface area contributed by atoms with Gasteiger partial charge in [-0.2, -0.15) is 5.10 Å². The molecule has 0 amide bonds. The van der Waals surface area contributed by atoms with Crippen molar-refractivity contribution in [2.45, 2.75) is 17.7 Å². The van der Waals surface area contributed by atoms with Gasteiger partial charge >= 0.3 is 0 Å². The van der Waals surface area contributed by atoms with E-state index in [1.807, 2.05) is 32.3 Å². The quantitative estimate of drug-likeness (QED) is 0.768. The molecule has 3 heterocycles. The van der Waals surface area contributed by atoms with Gasteiger partial charge in [-0.1, -0.05) is 6.07 Å². The van der Waals surface area contributed by atoms with Crippen molar-refractivity contribution in [2.75, 3.05) is 0 Å². The number of nitrogens with one attached hydrogen (secondary N) is 1. The van der Waals surface area contributed by atoms with Crippen LogP contribution in [0.4, 0.5) is 0 Å². The molecule has 0 saturated heterocycles. The minimum atomic E-state index is -3.47. The lowest BCUT2D eigenvalue weighted by Crippen LogP contribution is -2.22. The van der Waals surface area contributed by atoms with Crippen molar-refractivity contribution in [3.05, 3.63) is 53.3 Å². The highest BCUT2D eigenvalue weighted by Crippen LogP contribution is 2.21. The zero-order valence-corrected chi connectivity index (χ0v) is 14.4. The number of hydrogen-bond acceptors (Lipinski definition) is 5. The first-order valence-corrected chi connectivity index (χ1v) is 9.24. The fraction of sp³-hybridized carbons (Fsp3) is 0.200. The van der Waals surface area contributed by atoms with Crippen LogP contribution >= 0.6 is 11.3 Å². The molecule has 0 bridgehead atoms. The Morgan fingerprint density at radius 2 is 2.04 bits per heavy atom. The Morgan fingerprint density at radius 3 is 2.61 bits per heavy atom. The average molecular weight is 348 g/mol. The summed E-state index contributed by atoms with van der Waals surface area (Å²) in [4.78, 5) is 5.32. The number of nitrogens with zero attached hydrogens (tertiary/aromatic N) is 3. The minimum absolute atomic E-state index is 0.208. The predicted octanol–water partition coefficient (Wildman–Crippen LogP) is 2.33. The molecular weight excluding hydrogens is 332 g/mol. The summed E-state index contributed by atoms with van der Waals surface area (Å²) in [7, 11) is -1.62. The molecule has 8 heteroatoms. The molecular formula is C15H16N4O2S2. The number of rotatable bonds is 5. The molecule has 0 aromatic carbocycles. The SMILES string of the molecule is Cc1ccc(S(=O)(=O)NCc2ccc(-c3cnn(C)c3)nc2)s1. The number of sulfonamides is 1. The third-order valence-electron chi connectivity index (χ3n) is 3.27. The number of aromatic nitrogens is 3. The normalized spacial score (nSPS) is 11.7. The highest BCUT2D eigenvalue weighted by molar-refractivity contribution is 7.91. The van der Waals surface area contributed by atoms with Gasteiger partial charge in [-0.05, 0) is 30.7 Å². The first-order chi connectivity index (χ1) is 10.9. The first kappa shape index (κ1) is 15.9. The second-order valence-electron chi connectivity index (χ2n) is 5.14. The molecule has 3 rings (SSSR count). The maximum Gasteiger partial charge on any atom is 0.250 e. The van der Waals surface area contributed by atoms with Crippen LogP contribution in [0.5, 0.6) is 0 Å². The molecule has 3 aromatic rings. The Bertz CT molecular complexity index is 911. The molecule has 0 saturated carbocycles. The molecule has 0 fully saturated rings. The zero-order valence-electron chi connectivity index (χ0n) is 12.7. The van der Waals surface area contributed by atoms with Gasteiger partial charge in [0.05, 0.1) is 11.9 Å². The molecule has 120 valence electrons. The van der Waals surface area contributed by atoms with Crippen LogP contribution < -0.4 is 4.72 Å². The zero-order chi connectivity index (χ0) is 16.4. The number of pyridine rings is 1. The molecule has 0 atom stereocenters. The van der Waals surface area contributed by atoms with Gasteiger partial charge in [0.25, 0.3) is 0 Å². The molecule has 0 aliphatic carbocycles. The van der Waals surface area contributed by atoms with E-state index in [1.165, 1.54) is 11.3 Å². The largest absolute Gasteiger partial charge is 0.275 e. The van der Waals surface area contributed by atoms with Gasteiger partial charge < -0.3 is 0 Å². The van der Waals surface area contributed by atoms with E-state index in [0.717, 1.165) is 21.7 Å². The summed E-state index contributed by atoms with van der Waals surface area (Å²) in [5.41, 5.74) is 2.53. The Balaban J connectivity index is 1.69. The standard InChI is InChI=1S/C15H16N4O2S2/c1-11-3-6-15(22-11)23(20,21)18-8-12-4-5-14(16-7-12)13-9-17-19(2)10-13/h3-7,9-10,18H,8H2,1-2H3. The summed E-state index contributed by atoms with van der Waals surface area (Å²) in [5, 5.41) is 4.11. The van der Waals surface area contributed by atoms with Crippen LogP contribution in [0.3, 0.4) is 0 Å². The van der Waals surface area contributed by atoms with Gasteiger partial charge in [-0.15, -0.1) is 11.3 Å². The van der Waals surface area contributed by atoms with Crippen LogP contribution in [0.2, 0.25) is 0 Å². The van der Waals surface area contributed by atoms with Gasteiger partial charge in [0.15, 0.2) is 0 Å². The van der Waals surface area contributed by atoms with Crippen molar-refractivity contribution in [1.29, 1.82) is 0 Å². The van der Waals surface area contributed by atoms with Crippen LogP contribution in [0.25, 0.3) is 11.3 Å². The topological polar surface area (TPSA) is 76.9 Å². The lowest BCUT2D eigenvalue weighted by Gasteiger charge is -2.05. The first-order valence-electron chi connectivity index (χ1n) is 6.94. The molecule has 0 spiro atoms. The molecule has 0 aliphatic rings. The van der Waals surface area contributed by atoms with Gasteiger partial charge in [-0.25, -0.2) is 13.1 Å². The molecule has 0 aliphatic heterocycles. The lowest BCUT2D eigenvalue weighted by molar-refractivity contribution is 0.583. The number of aryl methyl sites for hydroxylation is 2. The summed E-state index contributed by atoms with van der Waals surface area (Å²) < 4.78 is 29.0. The second-order valence-corrected chi connectivity index (χ2v) is 8.43. The van der Waals surface area contributed by atoms with E-state index in [0.29, 0.717) is 4.21 Å². The summed E-state index contributed by atoms with van der Waals surface area (Å²) in [6.45, 7) is 2.09. The van der Waals surface area contributed by atoms with Crippen molar-refractivity contribution in [3.63, 3.8) is 0 Å². The van der Waals surface area contributed by atoms with Crippen LogP contribution in [-0.4, -0.2) is 23.2 Å². The van der Waals surface area contributed by atoms with E-state index < -0.39 is 10.0 Å². The highest BCUT2D eigenvalue weighted by atomic mass is 32.2. The van der Waals surface area contributed by atoms with E-state index in [-0.39, 0.29) is 6.54 Å². The van der Waals surface area contributed by atoms with Crippen LogP contribution in [-0.2, 0) is 23.6 Å². The van der Waals surface area contributed by atoms with Crippen molar-refractivity contribution in [3.8, 4) is 11.3 Å². The molecule has 0 radical (unpaired) electrons. The Labute approximate surface area is 138 Å². The fourth-order valence-corrected chi connectivity index (χ4v) is 4.40. The van der Waals surface area contributed by atoms with Crippen molar-refractivity contribution < 1.29 is 8.42 Å². The van der Waals surface area contributed by atoms with Gasteiger partial charge in [0.1, 0.15) is 4.21 Å². The molecule has 6 nitrogen and oxygen atoms in total. The maximum atomic E-state index is 12.2. The number of thiophene rings is 1. The maximum absolute atomic E-state index is 12.2. The van der Waals surface area contributed by atoms with E-state index in [1.54, 1.807) is 29.2 Å². The van der Waals surface area contributed by atoms with E-state index in [2.05, 4.69) is 14.8 Å². The minimum Gasteiger partial charge on any atom is -0.275 e. The molecule has 23 heavy (non-hydrogen) atoms. The Morgan fingerprint density at radius 1 is 1.22 bits per heavy atom. The van der Waals surface area contributed by atoms with Gasteiger partial charge in [-0.3, -0.25) is 9.67 Å². The van der Waals surface area contributed by atoms with Crippen LogP contribution in [0.1, 0.15) is 10.4 Å². The van der Waals surface area contributed by atoms with Crippen LogP contribution in [0.15, 0.2) is 47.1 Å². The summed E-state index contributed by atoms with van der Waals surface area (Å²) in [5.74, 6) is 0. The Hall–Kier alpha value is -2.03. The van der Waals surface area contributed by atoms with E-state index in [4.69, 9.17) is 0 Å². The second kappa shape index (κ2) is 6.23. The molecule has 3 aromatic heterocycles. The van der Waals surface area contributed by atoms with Crippen molar-refractivity contribution in [2.24, 2.45) is 7.05 Å². The average Bonchev–Trinajstić information content (AvgIpc) is 3.15. The van der Waals surface area contributed by atoms with E-state index >= 15 is 0 Å². The third-order valence-corrected chi connectivity index (χ3v) is 6.17. The van der Waals surface area contributed by atoms with Crippen molar-refractivity contribution >= 4 is 21.4 Å². The van der Waals surface area contributed by atoms with Crippen molar-refractivity contribution in [1.82, 2.24) is 19.5 Å². The van der Waals surface area contributed by atoms with Crippen LogP contribution in [0, 0.1) is 6.92 Å². The lowest BCUT2D eigenvalue weighted by atomic mass is 10.2. The third kappa shape index (κ3) is 3.66. The monoisotopic (exact) mass is 348 g/mol. The van der Waals surface area contributed by atoms with Gasteiger partial charge in [0.2, 0.25) is 10.0 Å². The highest BCUT2D eigenvalue weighted by Gasteiger charge is 2.15. The summed E-state index contributed by atoms with van der Waals surface area (Å²) >= 11 is 1.26. The summed E-state index contributed by atoms with van der Waals surface area (Å²) in [6.07, 6.45) is 5.29. The Kier molecular flexibility index (Phi) is 4.29.